The molecule has 7 heteroatoms. The van der Waals surface area contributed by atoms with Gasteiger partial charge in [-0.3, -0.25) is 0 Å². The summed E-state index contributed by atoms with van der Waals surface area (Å²) in [6, 6.07) is 1.33. The van der Waals surface area contributed by atoms with Crippen molar-refractivity contribution in [2.75, 3.05) is 31.0 Å². The van der Waals surface area contributed by atoms with Gasteiger partial charge in [0.05, 0.1) is 7.11 Å². The molecule has 0 radical (unpaired) electrons. The molecule has 0 spiro atoms. The Morgan fingerprint density at radius 3 is 2.47 bits per heavy atom. The average molecular weight is 284 g/mol. The zero-order valence-corrected chi connectivity index (χ0v) is 12.7. The topological polar surface area (TPSA) is 76.1 Å². The molecular formula is C12H20N4O2S. The van der Waals surface area contributed by atoms with Gasteiger partial charge < -0.3 is 15.4 Å². The average Bonchev–Trinajstić information content (AvgIpc) is 2.43. The zero-order valence-electron chi connectivity index (χ0n) is 11.9. The zero-order chi connectivity index (χ0) is 14.4. The van der Waals surface area contributed by atoms with Crippen molar-refractivity contribution in [1.29, 1.82) is 0 Å². The molecule has 0 saturated carbocycles. The van der Waals surface area contributed by atoms with Crippen molar-refractivity contribution in [2.24, 2.45) is 5.92 Å². The molecule has 0 bridgehead atoms. The third kappa shape index (κ3) is 4.27. The lowest BCUT2D eigenvalue weighted by Crippen LogP contribution is -2.35. The Hall–Kier alpha value is -1.50. The summed E-state index contributed by atoms with van der Waals surface area (Å²) >= 11 is 1.44. The van der Waals surface area contributed by atoms with E-state index in [1.165, 1.54) is 18.9 Å². The molecule has 1 unspecified atom stereocenters. The number of hydrogen-bond acceptors (Lipinski definition) is 7. The molecule has 0 aromatic carbocycles. The Bertz CT molecular complexity index is 417. The highest BCUT2D eigenvalue weighted by molar-refractivity contribution is 7.98. The minimum absolute atomic E-state index is 0.0955. The van der Waals surface area contributed by atoms with Crippen molar-refractivity contribution in [3.8, 4) is 0 Å². The van der Waals surface area contributed by atoms with Crippen LogP contribution in [0.2, 0.25) is 0 Å². The number of aromatic nitrogens is 2. The normalized spacial score (nSPS) is 12.1. The number of nitrogens with one attached hydrogen (secondary N) is 2. The van der Waals surface area contributed by atoms with Gasteiger partial charge in [0, 0.05) is 13.1 Å². The maximum absolute atomic E-state index is 11.7. The Kier molecular flexibility index (Phi) is 5.88. The van der Waals surface area contributed by atoms with Crippen LogP contribution in [-0.2, 0) is 9.53 Å². The first-order chi connectivity index (χ1) is 9.01. The van der Waals surface area contributed by atoms with Crippen LogP contribution in [0.5, 0.6) is 0 Å². The molecule has 1 atom stereocenters. The number of carbonyl (C=O) groups is 1. The largest absolute Gasteiger partial charge is 0.467 e. The minimum atomic E-state index is -0.431. The number of ether oxygens (including phenoxy) is 1. The van der Waals surface area contributed by atoms with Crippen molar-refractivity contribution in [3.63, 3.8) is 0 Å². The molecule has 19 heavy (non-hydrogen) atoms. The maximum Gasteiger partial charge on any atom is 0.328 e. The third-order valence-corrected chi connectivity index (χ3v) is 3.12. The molecule has 1 aromatic rings. The molecule has 0 aliphatic carbocycles. The number of esters is 1. The Morgan fingerprint density at radius 1 is 1.37 bits per heavy atom. The van der Waals surface area contributed by atoms with Gasteiger partial charge >= 0.3 is 5.97 Å². The van der Waals surface area contributed by atoms with E-state index >= 15 is 0 Å². The lowest BCUT2D eigenvalue weighted by atomic mass is 10.0. The second kappa shape index (κ2) is 7.18. The molecular weight excluding hydrogens is 264 g/mol. The van der Waals surface area contributed by atoms with Crippen molar-refractivity contribution >= 4 is 29.4 Å². The summed E-state index contributed by atoms with van der Waals surface area (Å²) in [6.45, 7) is 3.90. The van der Waals surface area contributed by atoms with E-state index in [9.17, 15) is 4.79 Å². The predicted octanol–water partition coefficient (Wildman–Crippen LogP) is 1.85. The number of carbonyl (C=O) groups excluding carboxylic acids is 1. The van der Waals surface area contributed by atoms with Gasteiger partial charge in [-0.15, -0.1) is 0 Å². The number of thioether (sulfide) groups is 1. The van der Waals surface area contributed by atoms with Crippen molar-refractivity contribution in [1.82, 2.24) is 9.97 Å². The molecule has 1 aromatic heterocycles. The highest BCUT2D eigenvalue weighted by Gasteiger charge is 2.23. The van der Waals surface area contributed by atoms with Gasteiger partial charge in [0.25, 0.3) is 0 Å². The van der Waals surface area contributed by atoms with Crippen LogP contribution in [-0.4, -0.2) is 42.4 Å². The van der Waals surface area contributed by atoms with Crippen LogP contribution in [0.3, 0.4) is 0 Å². The van der Waals surface area contributed by atoms with Crippen molar-refractivity contribution in [2.45, 2.75) is 25.0 Å². The van der Waals surface area contributed by atoms with E-state index in [4.69, 9.17) is 4.74 Å². The second-order valence-electron chi connectivity index (χ2n) is 4.26. The van der Waals surface area contributed by atoms with Gasteiger partial charge in [0.15, 0.2) is 5.16 Å². The summed E-state index contributed by atoms with van der Waals surface area (Å²) in [5, 5.41) is 6.71. The van der Waals surface area contributed by atoms with Gasteiger partial charge in [0.2, 0.25) is 0 Å². The van der Waals surface area contributed by atoms with Crippen LogP contribution >= 0.6 is 11.8 Å². The standard InChI is InChI=1S/C12H20N4O2S/c1-7(2)10(11(17)18-4)14-9-6-8(13-3)15-12(16-9)19-5/h6-7,10H,1-5H3,(H2,13,14,15,16). The van der Waals surface area contributed by atoms with E-state index < -0.39 is 6.04 Å². The SMILES string of the molecule is CNc1cc(NC(C(=O)OC)C(C)C)nc(SC)n1. The fourth-order valence-electron chi connectivity index (χ4n) is 1.50. The first-order valence-electron chi connectivity index (χ1n) is 5.97. The van der Waals surface area contributed by atoms with Gasteiger partial charge in [-0.05, 0) is 12.2 Å². The molecule has 2 N–H and O–H groups in total. The fraction of sp³-hybridized carbons (Fsp3) is 0.583. The van der Waals surface area contributed by atoms with E-state index in [1.54, 1.807) is 13.1 Å². The summed E-state index contributed by atoms with van der Waals surface area (Å²) < 4.78 is 4.79. The van der Waals surface area contributed by atoms with Crippen molar-refractivity contribution < 1.29 is 9.53 Å². The highest BCUT2D eigenvalue weighted by atomic mass is 32.2. The molecule has 1 rings (SSSR count). The Labute approximate surface area is 117 Å². The van der Waals surface area contributed by atoms with Gasteiger partial charge in [-0.2, -0.15) is 0 Å². The first kappa shape index (κ1) is 15.6. The van der Waals surface area contributed by atoms with Crippen molar-refractivity contribution in [3.05, 3.63) is 6.07 Å². The molecule has 6 nitrogen and oxygen atoms in total. The first-order valence-corrected chi connectivity index (χ1v) is 7.19. The highest BCUT2D eigenvalue weighted by Crippen LogP contribution is 2.19. The monoisotopic (exact) mass is 284 g/mol. The quantitative estimate of drug-likeness (QED) is 0.469. The maximum atomic E-state index is 11.7. The summed E-state index contributed by atoms with van der Waals surface area (Å²) in [5.41, 5.74) is 0. The number of methoxy groups -OCH3 is 1. The molecule has 0 aliphatic heterocycles. The summed E-state index contributed by atoms with van der Waals surface area (Å²) in [5.74, 6) is 1.10. The van der Waals surface area contributed by atoms with Crippen LogP contribution in [0.15, 0.2) is 11.2 Å². The number of hydrogen-bond donors (Lipinski definition) is 2. The Morgan fingerprint density at radius 2 is 2.00 bits per heavy atom. The lowest BCUT2D eigenvalue weighted by molar-refractivity contribution is -0.142. The molecule has 0 fully saturated rings. The molecule has 106 valence electrons. The molecule has 0 saturated heterocycles. The van der Waals surface area contributed by atoms with E-state index in [2.05, 4.69) is 20.6 Å². The Balaban J connectivity index is 2.98. The van der Waals surface area contributed by atoms with E-state index in [1.807, 2.05) is 20.1 Å². The van der Waals surface area contributed by atoms with Crippen LogP contribution in [0.4, 0.5) is 11.6 Å². The lowest BCUT2D eigenvalue weighted by Gasteiger charge is -2.20. The molecule has 1 heterocycles. The molecule has 0 aliphatic rings. The van der Waals surface area contributed by atoms with Gasteiger partial charge in [0.1, 0.15) is 17.7 Å². The van der Waals surface area contributed by atoms with Crippen LogP contribution < -0.4 is 10.6 Å². The van der Waals surface area contributed by atoms with E-state index in [0.717, 1.165) is 0 Å². The van der Waals surface area contributed by atoms with Gasteiger partial charge in [-0.25, -0.2) is 14.8 Å². The molecule has 0 amide bonds. The second-order valence-corrected chi connectivity index (χ2v) is 5.04. The summed E-state index contributed by atoms with van der Waals surface area (Å²) in [6.07, 6.45) is 1.90. The van der Waals surface area contributed by atoms with Crippen LogP contribution in [0.1, 0.15) is 13.8 Å². The minimum Gasteiger partial charge on any atom is -0.467 e. The van der Waals surface area contributed by atoms with E-state index in [-0.39, 0.29) is 11.9 Å². The number of nitrogens with zero attached hydrogens (tertiary/aromatic N) is 2. The number of anilines is 2. The van der Waals surface area contributed by atoms with Crippen LogP contribution in [0.25, 0.3) is 0 Å². The van der Waals surface area contributed by atoms with Crippen LogP contribution in [0, 0.1) is 5.92 Å². The number of rotatable bonds is 6. The van der Waals surface area contributed by atoms with E-state index in [0.29, 0.717) is 16.8 Å². The fourth-order valence-corrected chi connectivity index (χ4v) is 1.88. The van der Waals surface area contributed by atoms with Gasteiger partial charge in [-0.1, -0.05) is 25.6 Å². The predicted molar refractivity (Wildman–Crippen MR) is 77.6 cm³/mol. The smallest absolute Gasteiger partial charge is 0.328 e. The summed E-state index contributed by atoms with van der Waals surface area (Å²) in [7, 11) is 3.17. The third-order valence-electron chi connectivity index (χ3n) is 2.57. The summed E-state index contributed by atoms with van der Waals surface area (Å²) in [4.78, 5) is 20.3.